The Labute approximate surface area is 109 Å². The van der Waals surface area contributed by atoms with Crippen LogP contribution >= 0.6 is 11.3 Å². The Morgan fingerprint density at radius 2 is 2.06 bits per heavy atom. The lowest BCUT2D eigenvalue weighted by Crippen LogP contribution is -1.93. The summed E-state index contributed by atoms with van der Waals surface area (Å²) in [5.74, 6) is 1.39. The number of thiazole rings is 1. The number of ether oxygens (including phenoxy) is 2. The number of carbonyl (C=O) groups is 1. The molecular weight excluding hydrogens is 250 g/mol. The van der Waals surface area contributed by atoms with Crippen LogP contribution in [0.2, 0.25) is 0 Å². The summed E-state index contributed by atoms with van der Waals surface area (Å²) in [7, 11) is 3.21. The van der Waals surface area contributed by atoms with Gasteiger partial charge in [-0.2, -0.15) is 0 Å². The van der Waals surface area contributed by atoms with Crippen molar-refractivity contribution >= 4 is 17.1 Å². The van der Waals surface area contributed by atoms with Crippen molar-refractivity contribution in [1.29, 1.82) is 0 Å². The van der Waals surface area contributed by atoms with E-state index in [2.05, 4.69) is 4.98 Å². The number of hydrogen-bond acceptors (Lipinski definition) is 5. The summed E-state index contributed by atoms with van der Waals surface area (Å²) < 4.78 is 10.5. The second-order valence-electron chi connectivity index (χ2n) is 3.66. The molecule has 0 atom stereocenters. The van der Waals surface area contributed by atoms with Gasteiger partial charge in [-0.1, -0.05) is 0 Å². The van der Waals surface area contributed by atoms with Crippen LogP contribution in [0.25, 0.3) is 10.6 Å². The normalized spacial score (nSPS) is 10.2. The summed E-state index contributed by atoms with van der Waals surface area (Å²) in [5, 5.41) is 2.49. The highest BCUT2D eigenvalue weighted by Gasteiger charge is 2.13. The molecule has 5 heteroatoms. The van der Waals surface area contributed by atoms with Gasteiger partial charge in [-0.05, 0) is 18.2 Å². The third kappa shape index (κ3) is 2.36. The van der Waals surface area contributed by atoms with Crippen molar-refractivity contribution < 1.29 is 14.3 Å². The Morgan fingerprint density at radius 1 is 1.28 bits per heavy atom. The summed E-state index contributed by atoms with van der Waals surface area (Å²) in [4.78, 5) is 15.6. The van der Waals surface area contributed by atoms with Crippen LogP contribution in [0.4, 0.5) is 0 Å². The van der Waals surface area contributed by atoms with E-state index in [4.69, 9.17) is 9.47 Å². The van der Waals surface area contributed by atoms with E-state index >= 15 is 0 Å². The molecule has 94 valence electrons. The average molecular weight is 263 g/mol. The van der Waals surface area contributed by atoms with Gasteiger partial charge in [0.15, 0.2) is 5.78 Å². The number of ketones is 1. The van der Waals surface area contributed by atoms with Crippen molar-refractivity contribution in [3.63, 3.8) is 0 Å². The van der Waals surface area contributed by atoms with Gasteiger partial charge in [0.05, 0.1) is 19.8 Å². The average Bonchev–Trinajstić information content (AvgIpc) is 2.87. The molecule has 2 rings (SSSR count). The number of nitrogens with zero attached hydrogens (tertiary/aromatic N) is 1. The van der Waals surface area contributed by atoms with Crippen LogP contribution < -0.4 is 9.47 Å². The lowest BCUT2D eigenvalue weighted by molar-refractivity contribution is 0.101. The van der Waals surface area contributed by atoms with Crippen LogP contribution in [0.15, 0.2) is 23.6 Å². The Hall–Kier alpha value is -1.88. The molecule has 2 aromatic rings. The van der Waals surface area contributed by atoms with Crippen LogP contribution in [0.5, 0.6) is 11.5 Å². The molecule has 0 fully saturated rings. The Morgan fingerprint density at radius 3 is 2.61 bits per heavy atom. The first-order valence-electron chi connectivity index (χ1n) is 5.34. The van der Waals surface area contributed by atoms with Gasteiger partial charge < -0.3 is 9.47 Å². The van der Waals surface area contributed by atoms with E-state index < -0.39 is 0 Å². The third-order valence-electron chi connectivity index (χ3n) is 2.50. The zero-order valence-corrected chi connectivity index (χ0v) is 11.2. The van der Waals surface area contributed by atoms with Crippen LogP contribution in [-0.2, 0) is 0 Å². The van der Waals surface area contributed by atoms with E-state index in [9.17, 15) is 4.79 Å². The first kappa shape index (κ1) is 12.6. The molecule has 0 aliphatic heterocycles. The number of hydrogen-bond donors (Lipinski definition) is 0. The summed E-state index contributed by atoms with van der Waals surface area (Å²) in [6.07, 6.45) is 0. The van der Waals surface area contributed by atoms with Crippen LogP contribution in [0, 0.1) is 0 Å². The number of aromatic nitrogens is 1. The Bertz CT molecular complexity index is 577. The van der Waals surface area contributed by atoms with E-state index in [0.717, 1.165) is 16.3 Å². The minimum Gasteiger partial charge on any atom is -0.497 e. The van der Waals surface area contributed by atoms with Crippen molar-refractivity contribution in [3.8, 4) is 22.1 Å². The van der Waals surface area contributed by atoms with Gasteiger partial charge in [0.2, 0.25) is 0 Å². The highest BCUT2D eigenvalue weighted by molar-refractivity contribution is 7.13. The maximum absolute atomic E-state index is 11.3. The molecule has 0 saturated carbocycles. The van der Waals surface area contributed by atoms with E-state index in [1.165, 1.54) is 18.3 Å². The van der Waals surface area contributed by atoms with Crippen LogP contribution in [0.1, 0.15) is 17.4 Å². The monoisotopic (exact) mass is 263 g/mol. The maximum Gasteiger partial charge on any atom is 0.178 e. The van der Waals surface area contributed by atoms with Crippen molar-refractivity contribution in [3.05, 3.63) is 29.3 Å². The number of benzene rings is 1. The minimum absolute atomic E-state index is 0.0423. The molecule has 0 bridgehead atoms. The summed E-state index contributed by atoms with van der Waals surface area (Å²) in [6, 6.07) is 5.49. The van der Waals surface area contributed by atoms with Crippen LogP contribution in [0.3, 0.4) is 0 Å². The summed E-state index contributed by atoms with van der Waals surface area (Å²) in [5.41, 5.74) is 1.30. The van der Waals surface area contributed by atoms with Gasteiger partial charge in [0.25, 0.3) is 0 Å². The minimum atomic E-state index is -0.0423. The first-order valence-corrected chi connectivity index (χ1v) is 6.22. The van der Waals surface area contributed by atoms with Gasteiger partial charge in [-0.3, -0.25) is 4.79 Å². The highest BCUT2D eigenvalue weighted by atomic mass is 32.1. The van der Waals surface area contributed by atoms with E-state index in [-0.39, 0.29) is 5.78 Å². The molecule has 0 unspecified atom stereocenters. The molecule has 0 amide bonds. The lowest BCUT2D eigenvalue weighted by Gasteiger charge is -2.08. The molecule has 0 N–H and O–H groups in total. The number of rotatable bonds is 4. The molecule has 1 heterocycles. The predicted octanol–water partition coefficient (Wildman–Crippen LogP) is 3.03. The molecule has 0 radical (unpaired) electrons. The fourth-order valence-corrected chi connectivity index (χ4v) is 2.42. The molecule has 0 saturated heterocycles. The number of methoxy groups -OCH3 is 2. The molecule has 1 aromatic heterocycles. The van der Waals surface area contributed by atoms with Crippen LogP contribution in [-0.4, -0.2) is 25.0 Å². The van der Waals surface area contributed by atoms with Gasteiger partial charge in [0.1, 0.15) is 22.2 Å². The largest absolute Gasteiger partial charge is 0.497 e. The Kier molecular flexibility index (Phi) is 3.62. The van der Waals surface area contributed by atoms with E-state index in [1.807, 2.05) is 18.2 Å². The predicted molar refractivity (Wildman–Crippen MR) is 70.7 cm³/mol. The van der Waals surface area contributed by atoms with Gasteiger partial charge in [0, 0.05) is 12.3 Å². The van der Waals surface area contributed by atoms with Gasteiger partial charge >= 0.3 is 0 Å². The van der Waals surface area contributed by atoms with Crippen molar-refractivity contribution in [2.75, 3.05) is 14.2 Å². The molecule has 0 spiro atoms. The first-order chi connectivity index (χ1) is 8.65. The smallest absolute Gasteiger partial charge is 0.178 e. The summed E-state index contributed by atoms with van der Waals surface area (Å²) >= 11 is 1.41. The summed E-state index contributed by atoms with van der Waals surface area (Å²) in [6.45, 7) is 1.50. The number of carbonyl (C=O) groups excluding carboxylic acids is 1. The zero-order valence-electron chi connectivity index (χ0n) is 10.4. The quantitative estimate of drug-likeness (QED) is 0.795. The standard InChI is InChI=1S/C13H13NO3S/c1-8(15)11-7-18-13(14-11)10-6-9(16-2)4-5-12(10)17-3/h4-7H,1-3H3. The molecule has 4 nitrogen and oxygen atoms in total. The molecule has 1 aromatic carbocycles. The van der Waals surface area contributed by atoms with Crippen molar-refractivity contribution in [2.24, 2.45) is 0 Å². The van der Waals surface area contributed by atoms with Gasteiger partial charge in [-0.15, -0.1) is 11.3 Å². The fraction of sp³-hybridized carbons (Fsp3) is 0.231. The van der Waals surface area contributed by atoms with Gasteiger partial charge in [-0.25, -0.2) is 4.98 Å². The lowest BCUT2D eigenvalue weighted by atomic mass is 10.2. The zero-order chi connectivity index (χ0) is 13.1. The highest BCUT2D eigenvalue weighted by Crippen LogP contribution is 2.35. The third-order valence-corrected chi connectivity index (χ3v) is 3.38. The topological polar surface area (TPSA) is 48.4 Å². The molecule has 0 aliphatic rings. The van der Waals surface area contributed by atoms with Crippen molar-refractivity contribution in [2.45, 2.75) is 6.92 Å². The Balaban J connectivity index is 2.50. The molecule has 18 heavy (non-hydrogen) atoms. The molecule has 0 aliphatic carbocycles. The van der Waals surface area contributed by atoms with E-state index in [1.54, 1.807) is 19.6 Å². The maximum atomic E-state index is 11.3. The second-order valence-corrected chi connectivity index (χ2v) is 4.52. The second kappa shape index (κ2) is 5.18. The number of Topliss-reactive ketones (excluding diaryl/α,β-unsaturated/α-hetero) is 1. The van der Waals surface area contributed by atoms with E-state index in [0.29, 0.717) is 11.4 Å². The SMILES string of the molecule is COc1ccc(OC)c(-c2nc(C(C)=O)cs2)c1. The molecular formula is C13H13NO3S. The fourth-order valence-electron chi connectivity index (χ4n) is 1.54. The van der Waals surface area contributed by atoms with Crippen molar-refractivity contribution in [1.82, 2.24) is 4.98 Å².